The second-order valence-electron chi connectivity index (χ2n) is 9.29. The molecule has 0 aliphatic heterocycles. The number of ether oxygens (including phenoxy) is 1. The van der Waals surface area contributed by atoms with Crippen LogP contribution in [0.3, 0.4) is 0 Å². The van der Waals surface area contributed by atoms with Gasteiger partial charge < -0.3 is 9.22 Å². The van der Waals surface area contributed by atoms with Crippen molar-refractivity contribution in [2.24, 2.45) is 0 Å². The molecule has 0 bridgehead atoms. The molecule has 0 saturated carbocycles. The monoisotopic (exact) mass is 384 g/mol. The van der Waals surface area contributed by atoms with Gasteiger partial charge in [-0.25, -0.2) is 0 Å². The molecule has 0 fully saturated rings. The fraction of sp³-hybridized carbons (Fsp3) is 0.958. The van der Waals surface area contributed by atoms with Crippen molar-refractivity contribution in [2.45, 2.75) is 116 Å². The topological polar surface area (TPSA) is 26.3 Å². The second kappa shape index (κ2) is 18.8. The Morgan fingerprint density at radius 1 is 0.630 bits per heavy atom. The van der Waals surface area contributed by atoms with Gasteiger partial charge >= 0.3 is 5.97 Å². The highest BCUT2D eigenvalue weighted by atomic mass is 16.5. The molecule has 0 aromatic heterocycles. The van der Waals surface area contributed by atoms with Crippen LogP contribution in [0.5, 0.6) is 0 Å². The highest BCUT2D eigenvalue weighted by Gasteiger charge is 2.07. The van der Waals surface area contributed by atoms with E-state index in [2.05, 4.69) is 28.1 Å². The van der Waals surface area contributed by atoms with Crippen molar-refractivity contribution in [2.75, 3.05) is 34.3 Å². The molecule has 0 saturated heterocycles. The predicted octanol–water partition coefficient (Wildman–Crippen LogP) is 6.89. The predicted molar refractivity (Wildman–Crippen MR) is 118 cm³/mol. The Bertz CT molecular complexity index is 323. The first-order chi connectivity index (χ1) is 13.0. The van der Waals surface area contributed by atoms with E-state index < -0.39 is 0 Å². The summed E-state index contributed by atoms with van der Waals surface area (Å²) in [6.07, 6.45) is 21.9. The molecule has 3 heteroatoms. The maximum absolute atomic E-state index is 11.7. The highest BCUT2D eigenvalue weighted by molar-refractivity contribution is 5.69. The number of nitrogens with zero attached hydrogens (tertiary/aromatic N) is 1. The van der Waals surface area contributed by atoms with Crippen LogP contribution in [0.25, 0.3) is 0 Å². The van der Waals surface area contributed by atoms with Gasteiger partial charge in [-0.3, -0.25) is 4.79 Å². The van der Waals surface area contributed by atoms with Crippen LogP contribution in [-0.2, 0) is 9.53 Å². The van der Waals surface area contributed by atoms with Gasteiger partial charge in [0, 0.05) is 12.8 Å². The van der Waals surface area contributed by atoms with Crippen molar-refractivity contribution >= 4 is 5.97 Å². The van der Waals surface area contributed by atoms with Gasteiger partial charge in [0.15, 0.2) is 0 Å². The maximum atomic E-state index is 11.7. The van der Waals surface area contributed by atoms with Crippen molar-refractivity contribution in [3.63, 3.8) is 0 Å². The summed E-state index contributed by atoms with van der Waals surface area (Å²) >= 11 is 0. The van der Waals surface area contributed by atoms with Crippen molar-refractivity contribution in [3.05, 3.63) is 0 Å². The van der Waals surface area contributed by atoms with Gasteiger partial charge in [-0.1, -0.05) is 96.8 Å². The molecule has 0 atom stereocenters. The Balaban J connectivity index is 3.17. The number of hydrogen-bond acceptors (Lipinski definition) is 2. The van der Waals surface area contributed by atoms with Crippen LogP contribution in [0.15, 0.2) is 0 Å². The van der Waals surface area contributed by atoms with E-state index in [4.69, 9.17) is 4.74 Å². The first-order valence-corrected chi connectivity index (χ1v) is 11.9. The van der Waals surface area contributed by atoms with E-state index in [0.717, 1.165) is 23.9 Å². The second-order valence-corrected chi connectivity index (χ2v) is 9.29. The summed E-state index contributed by atoms with van der Waals surface area (Å²) in [5.74, 6) is -0.00824. The molecule has 162 valence electrons. The van der Waals surface area contributed by atoms with Gasteiger partial charge in [-0.05, 0) is 6.42 Å². The number of unbranched alkanes of at least 4 members (excludes halogenated alkanes) is 14. The van der Waals surface area contributed by atoms with Gasteiger partial charge in [-0.15, -0.1) is 0 Å². The lowest BCUT2D eigenvalue weighted by Gasteiger charge is -2.23. The molecular weight excluding hydrogens is 334 g/mol. The molecule has 0 aromatic carbocycles. The van der Waals surface area contributed by atoms with Gasteiger partial charge in [0.25, 0.3) is 0 Å². The van der Waals surface area contributed by atoms with Gasteiger partial charge in [0.2, 0.25) is 0 Å². The zero-order chi connectivity index (χ0) is 20.2. The number of esters is 1. The maximum Gasteiger partial charge on any atom is 0.305 e. The van der Waals surface area contributed by atoms with E-state index in [0.29, 0.717) is 13.0 Å². The summed E-state index contributed by atoms with van der Waals surface area (Å²) in [7, 11) is 6.49. The third-order valence-corrected chi connectivity index (χ3v) is 5.22. The quantitative estimate of drug-likeness (QED) is 0.130. The lowest BCUT2D eigenvalue weighted by molar-refractivity contribution is -0.870. The van der Waals surface area contributed by atoms with Gasteiger partial charge in [0.05, 0.1) is 34.3 Å². The summed E-state index contributed by atoms with van der Waals surface area (Å²) in [6, 6.07) is 0. The molecule has 0 unspecified atom stereocenters. The van der Waals surface area contributed by atoms with Gasteiger partial charge in [0.1, 0.15) is 0 Å². The molecule has 0 amide bonds. The molecule has 3 nitrogen and oxygen atoms in total. The van der Waals surface area contributed by atoms with E-state index in [1.54, 1.807) is 0 Å². The smallest absolute Gasteiger partial charge is 0.305 e. The summed E-state index contributed by atoms with van der Waals surface area (Å²) in [6.45, 7) is 3.91. The Hall–Kier alpha value is -0.570. The minimum absolute atomic E-state index is 0.00824. The Labute approximate surface area is 170 Å². The summed E-state index contributed by atoms with van der Waals surface area (Å²) in [4.78, 5) is 11.7. The van der Waals surface area contributed by atoms with Crippen LogP contribution < -0.4 is 0 Å². The molecule has 0 N–H and O–H groups in total. The highest BCUT2D eigenvalue weighted by Crippen LogP contribution is 2.13. The first-order valence-electron chi connectivity index (χ1n) is 11.9. The van der Waals surface area contributed by atoms with Crippen LogP contribution in [0.4, 0.5) is 0 Å². The zero-order valence-corrected chi connectivity index (χ0v) is 19.2. The Morgan fingerprint density at radius 3 is 1.44 bits per heavy atom. The molecule has 0 rings (SSSR count). The average Bonchev–Trinajstić information content (AvgIpc) is 2.61. The van der Waals surface area contributed by atoms with E-state index in [1.807, 2.05) is 0 Å². The van der Waals surface area contributed by atoms with Crippen molar-refractivity contribution < 1.29 is 14.0 Å². The molecule has 0 aromatic rings. The minimum atomic E-state index is -0.00824. The van der Waals surface area contributed by atoms with E-state index >= 15 is 0 Å². The fourth-order valence-electron chi connectivity index (χ4n) is 3.44. The molecule has 27 heavy (non-hydrogen) atoms. The van der Waals surface area contributed by atoms with E-state index in [9.17, 15) is 4.79 Å². The normalized spacial score (nSPS) is 11.7. The first kappa shape index (κ1) is 26.4. The van der Waals surface area contributed by atoms with Crippen LogP contribution in [-0.4, -0.2) is 44.7 Å². The van der Waals surface area contributed by atoms with Crippen molar-refractivity contribution in [1.29, 1.82) is 0 Å². The summed E-state index contributed by atoms with van der Waals surface area (Å²) < 4.78 is 6.23. The van der Waals surface area contributed by atoms with Crippen LogP contribution in [0.2, 0.25) is 0 Å². The molecule has 0 aliphatic carbocycles. The lowest BCUT2D eigenvalue weighted by atomic mass is 10.0. The summed E-state index contributed by atoms with van der Waals surface area (Å²) in [5, 5.41) is 0. The van der Waals surface area contributed by atoms with Crippen LogP contribution in [0.1, 0.15) is 116 Å². The van der Waals surface area contributed by atoms with Crippen molar-refractivity contribution in [3.8, 4) is 0 Å². The third kappa shape index (κ3) is 23.4. The molecular formula is C24H50NO2+. The lowest BCUT2D eigenvalue weighted by Crippen LogP contribution is -2.35. The van der Waals surface area contributed by atoms with Crippen molar-refractivity contribution in [1.82, 2.24) is 0 Å². The third-order valence-electron chi connectivity index (χ3n) is 5.22. The molecule has 0 heterocycles. The van der Waals surface area contributed by atoms with E-state index in [-0.39, 0.29) is 5.97 Å². The SMILES string of the molecule is CCCCCCCCCCCCCCCCCC(=O)OCCC[N+](C)(C)C. The number of carbonyl (C=O) groups is 1. The largest absolute Gasteiger partial charge is 0.465 e. The standard InChI is InChI=1S/C24H50NO2/c1-5-6-7-8-9-10-11-12-13-14-15-16-17-18-19-21-24(26)27-23-20-22-25(2,3)4/h5-23H2,1-4H3/q+1. The van der Waals surface area contributed by atoms with E-state index in [1.165, 1.54) is 89.9 Å². The molecule has 0 radical (unpaired) electrons. The summed E-state index contributed by atoms with van der Waals surface area (Å²) in [5.41, 5.74) is 0. The molecule has 0 spiro atoms. The zero-order valence-electron chi connectivity index (χ0n) is 19.2. The fourth-order valence-corrected chi connectivity index (χ4v) is 3.44. The Kier molecular flexibility index (Phi) is 18.4. The average molecular weight is 385 g/mol. The number of rotatable bonds is 20. The van der Waals surface area contributed by atoms with Crippen LogP contribution >= 0.6 is 0 Å². The molecule has 0 aliphatic rings. The number of hydrogen-bond donors (Lipinski definition) is 0. The van der Waals surface area contributed by atoms with Crippen LogP contribution in [0, 0.1) is 0 Å². The minimum Gasteiger partial charge on any atom is -0.465 e. The number of carbonyl (C=O) groups excluding carboxylic acids is 1. The number of quaternary nitrogens is 1. The Morgan fingerprint density at radius 2 is 1.04 bits per heavy atom. The van der Waals surface area contributed by atoms with Gasteiger partial charge in [-0.2, -0.15) is 0 Å².